The number of nitrogen functional groups attached to an aromatic ring is 1. The van der Waals surface area contributed by atoms with E-state index in [1.165, 1.54) is 90.6 Å². The summed E-state index contributed by atoms with van der Waals surface area (Å²) in [5, 5.41) is 9.25. The Morgan fingerprint density at radius 1 is 0.886 bits per heavy atom. The molecule has 0 amide bonds. The van der Waals surface area contributed by atoms with Gasteiger partial charge in [0.05, 0.1) is 25.0 Å². The Kier molecular flexibility index (Phi) is 13.5. The Balaban J connectivity index is 1.60. The number of esters is 1. The molecule has 0 aliphatic rings. The molecule has 0 bridgehead atoms. The number of carbonyl (C=O) groups excluding carboxylic acids is 1. The van der Waals surface area contributed by atoms with Crippen LogP contribution in [0.4, 0.5) is 5.69 Å². The third-order valence-corrected chi connectivity index (χ3v) is 6.43. The topological polar surface area (TPSA) is 90.3 Å². The van der Waals surface area contributed by atoms with Crippen molar-refractivity contribution >= 4 is 11.7 Å². The highest BCUT2D eigenvalue weighted by atomic mass is 16.5. The van der Waals surface area contributed by atoms with E-state index in [-0.39, 0.29) is 16.9 Å². The molecule has 35 heavy (non-hydrogen) atoms. The first-order valence-electron chi connectivity index (χ1n) is 13.3. The molecule has 0 radical (unpaired) electrons. The fraction of sp³-hybridized carbons (Fsp3) is 0.586. The van der Waals surface area contributed by atoms with Crippen LogP contribution in [0.5, 0.6) is 5.75 Å². The van der Waals surface area contributed by atoms with Crippen molar-refractivity contribution < 1.29 is 14.3 Å². The van der Waals surface area contributed by atoms with E-state index in [9.17, 15) is 10.1 Å². The van der Waals surface area contributed by atoms with Gasteiger partial charge in [0.2, 0.25) is 0 Å². The second-order valence-electron chi connectivity index (χ2n) is 9.22. The molecular weight excluding hydrogens is 438 g/mol. The van der Waals surface area contributed by atoms with Gasteiger partial charge >= 0.3 is 5.97 Å². The van der Waals surface area contributed by atoms with Crippen molar-refractivity contribution in [3.05, 3.63) is 41.7 Å². The fourth-order valence-electron chi connectivity index (χ4n) is 4.31. The zero-order valence-corrected chi connectivity index (χ0v) is 21.7. The summed E-state index contributed by atoms with van der Waals surface area (Å²) < 4.78 is 12.3. The Bertz CT molecular complexity index is 912. The molecule has 0 atom stereocenters. The Hall–Kier alpha value is -2.94. The number of aromatic nitrogens is 1. The number of nitriles is 1. The SMILES string of the molecule is CCCCCCCCCCCCCCCCOc1ccc(-n2cc(C#N)c(N)c2C(=O)OC)cc1. The van der Waals surface area contributed by atoms with Crippen LogP contribution in [0, 0.1) is 11.3 Å². The van der Waals surface area contributed by atoms with Crippen LogP contribution in [0.3, 0.4) is 0 Å². The lowest BCUT2D eigenvalue weighted by Crippen LogP contribution is -2.11. The molecule has 0 aliphatic heterocycles. The van der Waals surface area contributed by atoms with Gasteiger partial charge in [-0.2, -0.15) is 5.26 Å². The second-order valence-corrected chi connectivity index (χ2v) is 9.22. The second kappa shape index (κ2) is 16.6. The van der Waals surface area contributed by atoms with Crippen LogP contribution in [0.2, 0.25) is 0 Å². The highest BCUT2D eigenvalue weighted by Gasteiger charge is 2.21. The lowest BCUT2D eigenvalue weighted by atomic mass is 10.0. The van der Waals surface area contributed by atoms with Crippen LogP contribution in [0.15, 0.2) is 30.5 Å². The van der Waals surface area contributed by atoms with Crippen LogP contribution in [-0.4, -0.2) is 24.3 Å². The predicted octanol–water partition coefficient (Wildman–Crippen LogP) is 7.58. The van der Waals surface area contributed by atoms with E-state index in [0.29, 0.717) is 12.3 Å². The minimum atomic E-state index is -0.581. The molecule has 2 rings (SSSR count). The summed E-state index contributed by atoms with van der Waals surface area (Å²) in [5.74, 6) is 0.200. The van der Waals surface area contributed by atoms with Gasteiger partial charge in [-0.05, 0) is 30.7 Å². The van der Waals surface area contributed by atoms with Crippen LogP contribution in [0.1, 0.15) is 113 Å². The summed E-state index contributed by atoms with van der Waals surface area (Å²) in [5.41, 5.74) is 7.19. The van der Waals surface area contributed by atoms with Gasteiger partial charge in [0.25, 0.3) is 0 Å². The molecule has 0 saturated heterocycles. The number of hydrogen-bond acceptors (Lipinski definition) is 5. The van der Waals surface area contributed by atoms with E-state index >= 15 is 0 Å². The summed E-state index contributed by atoms with van der Waals surface area (Å²) in [6.45, 7) is 2.97. The molecule has 0 fully saturated rings. The number of rotatable bonds is 18. The first-order valence-corrected chi connectivity index (χ1v) is 13.3. The molecule has 0 unspecified atom stereocenters. The normalized spacial score (nSPS) is 10.8. The first-order chi connectivity index (χ1) is 17.1. The minimum Gasteiger partial charge on any atom is -0.494 e. The monoisotopic (exact) mass is 481 g/mol. The predicted molar refractivity (Wildman–Crippen MR) is 142 cm³/mol. The number of benzene rings is 1. The van der Waals surface area contributed by atoms with E-state index in [4.69, 9.17) is 15.2 Å². The highest BCUT2D eigenvalue weighted by Crippen LogP contribution is 2.26. The molecule has 0 saturated carbocycles. The standard InChI is InChI=1S/C29H43N3O3/c1-3-4-5-6-7-8-9-10-11-12-13-14-15-16-21-35-26-19-17-25(18-20-26)32-23-24(22-30)27(31)28(32)29(33)34-2/h17-20,23H,3-16,21,31H2,1-2H3. The average molecular weight is 482 g/mol. The van der Waals surface area contributed by atoms with E-state index in [0.717, 1.165) is 12.2 Å². The molecular formula is C29H43N3O3. The number of anilines is 1. The van der Waals surface area contributed by atoms with Crippen molar-refractivity contribution in [2.24, 2.45) is 0 Å². The van der Waals surface area contributed by atoms with Gasteiger partial charge in [0, 0.05) is 11.9 Å². The van der Waals surface area contributed by atoms with Crippen LogP contribution >= 0.6 is 0 Å². The quantitative estimate of drug-likeness (QED) is 0.175. The van der Waals surface area contributed by atoms with Gasteiger partial charge in [-0.3, -0.25) is 0 Å². The van der Waals surface area contributed by atoms with Crippen LogP contribution in [0.25, 0.3) is 5.69 Å². The number of nitrogens with zero attached hydrogens (tertiary/aromatic N) is 2. The van der Waals surface area contributed by atoms with Crippen LogP contribution in [-0.2, 0) is 4.74 Å². The number of unbranched alkanes of at least 4 members (excludes halogenated alkanes) is 13. The largest absolute Gasteiger partial charge is 0.494 e. The summed E-state index contributed by atoms with van der Waals surface area (Å²) in [6.07, 6.45) is 20.3. The molecule has 1 aromatic carbocycles. The Labute approximate surface area is 211 Å². The first kappa shape index (κ1) is 28.3. The van der Waals surface area contributed by atoms with E-state index in [2.05, 4.69) is 6.92 Å². The molecule has 2 aromatic rings. The van der Waals surface area contributed by atoms with Gasteiger partial charge in [-0.1, -0.05) is 90.4 Å². The zero-order chi connectivity index (χ0) is 25.3. The van der Waals surface area contributed by atoms with E-state index in [1.807, 2.05) is 30.3 Å². The maximum atomic E-state index is 12.1. The van der Waals surface area contributed by atoms with Crippen molar-refractivity contribution in [3.8, 4) is 17.5 Å². The Morgan fingerprint density at radius 2 is 1.40 bits per heavy atom. The van der Waals surface area contributed by atoms with E-state index in [1.54, 1.807) is 10.8 Å². The molecule has 1 heterocycles. The van der Waals surface area contributed by atoms with Gasteiger partial charge < -0.3 is 19.8 Å². The lowest BCUT2D eigenvalue weighted by Gasteiger charge is -2.10. The van der Waals surface area contributed by atoms with Crippen molar-refractivity contribution in [2.75, 3.05) is 19.5 Å². The number of ether oxygens (including phenoxy) is 2. The van der Waals surface area contributed by atoms with E-state index < -0.39 is 5.97 Å². The summed E-state index contributed by atoms with van der Waals surface area (Å²) >= 11 is 0. The maximum Gasteiger partial charge on any atom is 0.357 e. The molecule has 6 heteroatoms. The maximum absolute atomic E-state index is 12.1. The third-order valence-electron chi connectivity index (χ3n) is 6.43. The fourth-order valence-corrected chi connectivity index (χ4v) is 4.31. The lowest BCUT2D eigenvalue weighted by molar-refractivity contribution is 0.0593. The molecule has 192 valence electrons. The number of carbonyl (C=O) groups is 1. The highest BCUT2D eigenvalue weighted by molar-refractivity contribution is 5.95. The Morgan fingerprint density at radius 3 is 1.89 bits per heavy atom. The number of methoxy groups -OCH3 is 1. The van der Waals surface area contributed by atoms with Gasteiger partial charge in [0.1, 0.15) is 11.8 Å². The molecule has 0 spiro atoms. The average Bonchev–Trinajstić information content (AvgIpc) is 3.22. The van der Waals surface area contributed by atoms with Gasteiger partial charge in [0.15, 0.2) is 5.69 Å². The zero-order valence-electron chi connectivity index (χ0n) is 21.7. The summed E-state index contributed by atoms with van der Waals surface area (Å²) in [6, 6.07) is 9.42. The van der Waals surface area contributed by atoms with Gasteiger partial charge in [-0.15, -0.1) is 0 Å². The van der Waals surface area contributed by atoms with Crippen molar-refractivity contribution in [1.82, 2.24) is 4.57 Å². The van der Waals surface area contributed by atoms with Crippen molar-refractivity contribution in [2.45, 2.75) is 96.8 Å². The smallest absolute Gasteiger partial charge is 0.357 e. The van der Waals surface area contributed by atoms with Gasteiger partial charge in [-0.25, -0.2) is 4.79 Å². The van der Waals surface area contributed by atoms with Crippen molar-refractivity contribution in [1.29, 1.82) is 5.26 Å². The molecule has 6 nitrogen and oxygen atoms in total. The summed E-state index contributed by atoms with van der Waals surface area (Å²) in [7, 11) is 1.29. The number of nitrogens with two attached hydrogens (primary N) is 1. The van der Waals surface area contributed by atoms with Crippen molar-refractivity contribution in [3.63, 3.8) is 0 Å². The molecule has 0 aliphatic carbocycles. The molecule has 2 N–H and O–H groups in total. The molecule has 1 aromatic heterocycles. The van der Waals surface area contributed by atoms with Crippen LogP contribution < -0.4 is 10.5 Å². The summed E-state index contributed by atoms with van der Waals surface area (Å²) in [4.78, 5) is 12.1. The minimum absolute atomic E-state index is 0.123. The number of hydrogen-bond donors (Lipinski definition) is 1. The third kappa shape index (κ3) is 9.68.